The molecule has 0 bridgehead atoms. The van der Waals surface area contributed by atoms with Crippen molar-refractivity contribution in [1.29, 1.82) is 0 Å². The van der Waals surface area contributed by atoms with Crippen LogP contribution in [-0.2, 0) is 24.1 Å². The SMILES string of the molecule is CC[CH]C(NC(=O)Cn1nc(-c2ccc(Cl)cc2)n(C[C@H](O)C(F)(F)F)c1=O)c1cccc(C(F)(F)F)c1. The molecule has 1 heterocycles. The number of aliphatic hydroxyl groups excluding tert-OH is 1. The zero-order valence-corrected chi connectivity index (χ0v) is 20.5. The van der Waals surface area contributed by atoms with Gasteiger partial charge in [0.25, 0.3) is 0 Å². The Labute approximate surface area is 217 Å². The third-order valence-electron chi connectivity index (χ3n) is 5.41. The molecule has 2 aromatic carbocycles. The first-order valence-electron chi connectivity index (χ1n) is 11.2. The maximum absolute atomic E-state index is 13.1. The Morgan fingerprint density at radius 3 is 2.37 bits per heavy atom. The number of aliphatic hydroxyl groups is 1. The number of carbonyl (C=O) groups is 1. The van der Waals surface area contributed by atoms with Gasteiger partial charge in [0.05, 0.1) is 18.2 Å². The number of hydrogen-bond donors (Lipinski definition) is 2. The van der Waals surface area contributed by atoms with Crippen molar-refractivity contribution < 1.29 is 36.2 Å². The first-order chi connectivity index (χ1) is 17.7. The van der Waals surface area contributed by atoms with Crippen molar-refractivity contribution in [2.45, 2.75) is 50.9 Å². The van der Waals surface area contributed by atoms with E-state index < -0.39 is 54.7 Å². The van der Waals surface area contributed by atoms with Gasteiger partial charge in [-0.15, -0.1) is 5.10 Å². The second-order valence-electron chi connectivity index (χ2n) is 8.25. The van der Waals surface area contributed by atoms with Gasteiger partial charge in [-0.05, 0) is 48.4 Å². The summed E-state index contributed by atoms with van der Waals surface area (Å²) in [6, 6.07) is 9.02. The molecular formula is C24H22ClF6N4O3. The summed E-state index contributed by atoms with van der Waals surface area (Å²) < 4.78 is 79.6. The smallest absolute Gasteiger partial charge is 0.382 e. The number of aromatic nitrogens is 3. The standard InChI is InChI=1S/C24H22ClF6N4O3/c1-2-4-18(15-5-3-6-16(11-15)23(26,27)28)32-20(37)13-35-22(38)34(12-19(36)24(29,30)31)21(33-35)14-7-9-17(25)10-8-14/h3-11,18-19,36H,2,12-13H2,1H3,(H,32,37)/t18?,19-/m0/s1. The lowest BCUT2D eigenvalue weighted by Gasteiger charge is -2.19. The van der Waals surface area contributed by atoms with E-state index in [0.717, 1.165) is 12.1 Å². The van der Waals surface area contributed by atoms with Gasteiger partial charge < -0.3 is 10.4 Å². The zero-order valence-electron chi connectivity index (χ0n) is 19.7. The molecule has 2 atom stereocenters. The summed E-state index contributed by atoms with van der Waals surface area (Å²) >= 11 is 5.85. The summed E-state index contributed by atoms with van der Waals surface area (Å²) in [6.45, 7) is -0.219. The van der Waals surface area contributed by atoms with E-state index in [0.29, 0.717) is 20.7 Å². The van der Waals surface area contributed by atoms with E-state index in [9.17, 15) is 41.0 Å². The van der Waals surface area contributed by atoms with E-state index in [1.54, 1.807) is 13.3 Å². The highest BCUT2D eigenvalue weighted by atomic mass is 35.5. The number of benzene rings is 2. The summed E-state index contributed by atoms with van der Waals surface area (Å²) in [7, 11) is 0. The molecule has 14 heteroatoms. The lowest BCUT2D eigenvalue weighted by Crippen LogP contribution is -2.39. The van der Waals surface area contributed by atoms with Crippen LogP contribution in [0.1, 0.15) is 30.5 Å². The fourth-order valence-corrected chi connectivity index (χ4v) is 3.70. The number of carbonyl (C=O) groups excluding carboxylic acids is 1. The van der Waals surface area contributed by atoms with Crippen LogP contribution in [0.4, 0.5) is 26.3 Å². The summed E-state index contributed by atoms with van der Waals surface area (Å²) in [5.74, 6) is -1.08. The summed E-state index contributed by atoms with van der Waals surface area (Å²) in [6.07, 6.45) is -10.6. The van der Waals surface area contributed by atoms with E-state index in [4.69, 9.17) is 11.6 Å². The van der Waals surface area contributed by atoms with Crippen LogP contribution in [0.15, 0.2) is 53.3 Å². The molecule has 2 N–H and O–H groups in total. The Bertz CT molecular complexity index is 1320. The molecule has 0 saturated carbocycles. The minimum absolute atomic E-state index is 0.142. The van der Waals surface area contributed by atoms with Crippen molar-refractivity contribution in [2.24, 2.45) is 0 Å². The van der Waals surface area contributed by atoms with Crippen molar-refractivity contribution in [1.82, 2.24) is 19.7 Å². The molecular weight excluding hydrogens is 542 g/mol. The van der Waals surface area contributed by atoms with Crippen LogP contribution >= 0.6 is 11.6 Å². The van der Waals surface area contributed by atoms with E-state index >= 15 is 0 Å². The maximum atomic E-state index is 13.1. The Morgan fingerprint density at radius 1 is 1.13 bits per heavy atom. The van der Waals surface area contributed by atoms with E-state index in [1.165, 1.54) is 36.4 Å². The molecule has 0 fully saturated rings. The number of nitrogens with one attached hydrogen (secondary N) is 1. The van der Waals surface area contributed by atoms with Gasteiger partial charge in [-0.3, -0.25) is 9.36 Å². The van der Waals surface area contributed by atoms with Crippen LogP contribution in [0, 0.1) is 6.42 Å². The first kappa shape index (κ1) is 29.2. The van der Waals surface area contributed by atoms with Crippen LogP contribution in [0.3, 0.4) is 0 Å². The van der Waals surface area contributed by atoms with Crippen LogP contribution in [-0.4, -0.2) is 37.6 Å². The van der Waals surface area contributed by atoms with E-state index in [1.807, 2.05) is 0 Å². The van der Waals surface area contributed by atoms with Gasteiger partial charge in [-0.2, -0.15) is 26.3 Å². The van der Waals surface area contributed by atoms with Gasteiger partial charge in [0, 0.05) is 10.6 Å². The second-order valence-corrected chi connectivity index (χ2v) is 8.69. The number of alkyl halides is 6. The fraction of sp³-hybridized carbons (Fsp3) is 0.333. The largest absolute Gasteiger partial charge is 0.416 e. The molecule has 1 unspecified atom stereocenters. The van der Waals surface area contributed by atoms with Crippen molar-refractivity contribution >= 4 is 17.5 Å². The first-order valence-corrected chi connectivity index (χ1v) is 11.6. The number of halogens is 7. The molecule has 1 amide bonds. The molecule has 0 saturated heterocycles. The average Bonchev–Trinajstić information content (AvgIpc) is 3.13. The number of rotatable bonds is 9. The third kappa shape index (κ3) is 7.16. The molecule has 0 aliphatic rings. The quantitative estimate of drug-likeness (QED) is 0.367. The highest BCUT2D eigenvalue weighted by Gasteiger charge is 2.39. The third-order valence-corrected chi connectivity index (χ3v) is 5.66. The van der Waals surface area contributed by atoms with Crippen molar-refractivity contribution in [3.8, 4) is 11.4 Å². The van der Waals surface area contributed by atoms with Crippen LogP contribution in [0.5, 0.6) is 0 Å². The molecule has 38 heavy (non-hydrogen) atoms. The average molecular weight is 564 g/mol. The molecule has 1 aromatic heterocycles. The van der Waals surface area contributed by atoms with E-state index in [-0.39, 0.29) is 17.0 Å². The summed E-state index contributed by atoms with van der Waals surface area (Å²) in [4.78, 5) is 25.7. The molecule has 7 nitrogen and oxygen atoms in total. The van der Waals surface area contributed by atoms with Gasteiger partial charge >= 0.3 is 18.0 Å². The monoisotopic (exact) mass is 563 g/mol. The van der Waals surface area contributed by atoms with Crippen LogP contribution in [0.2, 0.25) is 5.02 Å². The fourth-order valence-electron chi connectivity index (χ4n) is 3.58. The van der Waals surface area contributed by atoms with Crippen molar-refractivity contribution in [3.63, 3.8) is 0 Å². The van der Waals surface area contributed by atoms with Gasteiger partial charge in [0.1, 0.15) is 6.54 Å². The number of hydrogen-bond acceptors (Lipinski definition) is 4. The normalized spacial score (nSPS) is 13.8. The molecule has 3 aromatic rings. The zero-order chi connectivity index (χ0) is 28.3. The minimum Gasteiger partial charge on any atom is -0.382 e. The predicted molar refractivity (Wildman–Crippen MR) is 126 cm³/mol. The molecule has 0 aliphatic carbocycles. The molecule has 0 spiro atoms. The Kier molecular flexibility index (Phi) is 8.93. The molecule has 0 aliphatic heterocycles. The molecule has 3 rings (SSSR count). The summed E-state index contributed by atoms with van der Waals surface area (Å²) in [5.41, 5.74) is -1.68. The lowest BCUT2D eigenvalue weighted by atomic mass is 10.00. The molecule has 1 radical (unpaired) electrons. The van der Waals surface area contributed by atoms with Gasteiger partial charge in [-0.25, -0.2) is 9.48 Å². The van der Waals surface area contributed by atoms with Gasteiger partial charge in [-0.1, -0.05) is 37.1 Å². The summed E-state index contributed by atoms with van der Waals surface area (Å²) in [5, 5.41) is 16.4. The van der Waals surface area contributed by atoms with Crippen LogP contribution in [0.25, 0.3) is 11.4 Å². The Balaban J connectivity index is 1.91. The highest BCUT2D eigenvalue weighted by Crippen LogP contribution is 2.31. The van der Waals surface area contributed by atoms with Gasteiger partial charge in [0.15, 0.2) is 11.9 Å². The number of nitrogens with zero attached hydrogens (tertiary/aromatic N) is 3. The number of amides is 1. The predicted octanol–water partition coefficient (Wildman–Crippen LogP) is 4.78. The van der Waals surface area contributed by atoms with Crippen LogP contribution < -0.4 is 11.0 Å². The minimum atomic E-state index is -5.02. The van der Waals surface area contributed by atoms with Crippen molar-refractivity contribution in [2.75, 3.05) is 0 Å². The lowest BCUT2D eigenvalue weighted by molar-refractivity contribution is -0.207. The topological polar surface area (TPSA) is 89.2 Å². The maximum Gasteiger partial charge on any atom is 0.416 e. The Morgan fingerprint density at radius 2 is 1.79 bits per heavy atom. The van der Waals surface area contributed by atoms with Gasteiger partial charge in [0.2, 0.25) is 5.91 Å². The molecule has 205 valence electrons. The van der Waals surface area contributed by atoms with Crippen molar-refractivity contribution in [3.05, 3.63) is 81.6 Å². The van der Waals surface area contributed by atoms with E-state index in [2.05, 4.69) is 10.4 Å². The Hall–Kier alpha value is -3.32. The second kappa shape index (κ2) is 11.6. The highest BCUT2D eigenvalue weighted by molar-refractivity contribution is 6.30.